The summed E-state index contributed by atoms with van der Waals surface area (Å²) in [6, 6.07) is 0. The van der Waals surface area contributed by atoms with E-state index < -0.39 is 5.97 Å². The van der Waals surface area contributed by atoms with Gasteiger partial charge in [0.25, 0.3) is 0 Å². The van der Waals surface area contributed by atoms with Crippen molar-refractivity contribution >= 4 is 5.97 Å². The van der Waals surface area contributed by atoms with Crippen molar-refractivity contribution in [3.05, 3.63) is 11.1 Å². The third-order valence-corrected chi connectivity index (χ3v) is 1.56. The van der Waals surface area contributed by atoms with Crippen LogP contribution in [0, 0.1) is 0 Å². The number of hydrogen-bond donors (Lipinski definition) is 1. The summed E-state index contributed by atoms with van der Waals surface area (Å²) in [5.41, 5.74) is 1.41. The lowest BCUT2D eigenvalue weighted by molar-refractivity contribution is -0.229. The molecule has 0 rings (SSSR count). The molecule has 58 valence electrons. The first kappa shape index (κ1) is 9.17. The normalized spacial score (nSPS) is 12.4. The highest BCUT2D eigenvalue weighted by Gasteiger charge is 2.06. The largest absolute Gasteiger partial charge is 0.368 e. The van der Waals surface area contributed by atoms with E-state index in [4.69, 9.17) is 5.26 Å². The van der Waals surface area contributed by atoms with Crippen molar-refractivity contribution in [2.45, 2.75) is 27.2 Å². The van der Waals surface area contributed by atoms with Crippen molar-refractivity contribution in [1.29, 1.82) is 0 Å². The summed E-state index contributed by atoms with van der Waals surface area (Å²) in [7, 11) is 0. The summed E-state index contributed by atoms with van der Waals surface area (Å²) >= 11 is 0. The van der Waals surface area contributed by atoms with Gasteiger partial charge in [0.1, 0.15) is 0 Å². The monoisotopic (exact) mass is 144 g/mol. The van der Waals surface area contributed by atoms with Gasteiger partial charge in [0.05, 0.1) is 0 Å². The summed E-state index contributed by atoms with van der Waals surface area (Å²) in [5.74, 6) is -0.667. The van der Waals surface area contributed by atoms with Crippen molar-refractivity contribution in [3.8, 4) is 0 Å². The predicted octanol–water partition coefficient (Wildman–Crippen LogP) is 1.75. The second-order valence-corrected chi connectivity index (χ2v) is 2.14. The molecule has 0 heterocycles. The van der Waals surface area contributed by atoms with E-state index in [0.29, 0.717) is 5.57 Å². The lowest BCUT2D eigenvalue weighted by Gasteiger charge is -1.99. The molecule has 0 aromatic heterocycles. The van der Waals surface area contributed by atoms with E-state index in [0.717, 1.165) is 12.0 Å². The van der Waals surface area contributed by atoms with Gasteiger partial charge in [-0.05, 0) is 20.3 Å². The van der Waals surface area contributed by atoms with Crippen LogP contribution < -0.4 is 0 Å². The summed E-state index contributed by atoms with van der Waals surface area (Å²) in [6.07, 6.45) is 0.793. The Labute approximate surface area is 60.2 Å². The van der Waals surface area contributed by atoms with Crippen LogP contribution >= 0.6 is 0 Å². The molecule has 0 atom stereocenters. The van der Waals surface area contributed by atoms with Crippen LogP contribution in [-0.2, 0) is 9.68 Å². The summed E-state index contributed by atoms with van der Waals surface area (Å²) in [4.78, 5) is 14.1. The van der Waals surface area contributed by atoms with Crippen molar-refractivity contribution < 1.29 is 14.9 Å². The van der Waals surface area contributed by atoms with E-state index >= 15 is 0 Å². The molecule has 0 unspecified atom stereocenters. The highest BCUT2D eigenvalue weighted by Crippen LogP contribution is 2.07. The molecule has 0 spiro atoms. The van der Waals surface area contributed by atoms with Crippen LogP contribution in [0.3, 0.4) is 0 Å². The first-order valence-corrected chi connectivity index (χ1v) is 3.15. The van der Waals surface area contributed by atoms with Gasteiger partial charge in [0.2, 0.25) is 0 Å². The molecule has 0 saturated heterocycles. The van der Waals surface area contributed by atoms with E-state index in [1.165, 1.54) is 0 Å². The summed E-state index contributed by atoms with van der Waals surface area (Å²) in [6.45, 7) is 5.38. The van der Waals surface area contributed by atoms with Crippen LogP contribution in [-0.4, -0.2) is 11.2 Å². The predicted molar refractivity (Wildman–Crippen MR) is 37.4 cm³/mol. The Morgan fingerprint density at radius 3 is 2.30 bits per heavy atom. The van der Waals surface area contributed by atoms with Crippen LogP contribution in [0.5, 0.6) is 0 Å². The number of carbonyl (C=O) groups is 1. The van der Waals surface area contributed by atoms with Gasteiger partial charge in [-0.2, -0.15) is 5.26 Å². The number of allylic oxidation sites excluding steroid dienone is 1. The Morgan fingerprint density at radius 2 is 2.00 bits per heavy atom. The van der Waals surface area contributed by atoms with Crippen LogP contribution in [0.1, 0.15) is 27.2 Å². The highest BCUT2D eigenvalue weighted by atomic mass is 17.1. The van der Waals surface area contributed by atoms with Gasteiger partial charge < -0.3 is 0 Å². The molecule has 0 bridgehead atoms. The fraction of sp³-hybridized carbons (Fsp3) is 0.571. The average molecular weight is 144 g/mol. The van der Waals surface area contributed by atoms with Gasteiger partial charge in [0, 0.05) is 5.57 Å². The van der Waals surface area contributed by atoms with E-state index in [9.17, 15) is 4.79 Å². The lowest BCUT2D eigenvalue weighted by atomic mass is 10.1. The Morgan fingerprint density at radius 1 is 1.50 bits per heavy atom. The third-order valence-electron chi connectivity index (χ3n) is 1.56. The SMILES string of the molecule is CCC(C)=C(C)C(=O)OO. The van der Waals surface area contributed by atoms with Crippen molar-refractivity contribution in [1.82, 2.24) is 0 Å². The van der Waals surface area contributed by atoms with Crippen molar-refractivity contribution in [2.24, 2.45) is 0 Å². The molecule has 1 N–H and O–H groups in total. The summed E-state index contributed by atoms with van der Waals surface area (Å²) in [5, 5.41) is 7.97. The molecule has 0 amide bonds. The second kappa shape index (κ2) is 4.06. The minimum absolute atomic E-state index is 0.477. The van der Waals surface area contributed by atoms with E-state index in [1.807, 2.05) is 13.8 Å². The van der Waals surface area contributed by atoms with Crippen molar-refractivity contribution in [3.63, 3.8) is 0 Å². The van der Waals surface area contributed by atoms with Gasteiger partial charge in [-0.15, -0.1) is 0 Å². The van der Waals surface area contributed by atoms with E-state index in [1.54, 1.807) is 6.92 Å². The van der Waals surface area contributed by atoms with Crippen LogP contribution in [0.2, 0.25) is 0 Å². The zero-order valence-corrected chi connectivity index (χ0v) is 6.47. The molecule has 0 aliphatic rings. The van der Waals surface area contributed by atoms with Gasteiger partial charge in [-0.1, -0.05) is 12.5 Å². The van der Waals surface area contributed by atoms with Gasteiger partial charge in [-0.3, -0.25) is 4.89 Å². The highest BCUT2D eigenvalue weighted by molar-refractivity contribution is 5.87. The number of hydrogen-bond acceptors (Lipinski definition) is 3. The molecular formula is C7H12O3. The molecule has 3 heteroatoms. The minimum Gasteiger partial charge on any atom is -0.296 e. The Bertz CT molecular complexity index is 158. The molecule has 10 heavy (non-hydrogen) atoms. The first-order valence-electron chi connectivity index (χ1n) is 3.15. The number of carbonyl (C=O) groups excluding carboxylic acids is 1. The van der Waals surface area contributed by atoms with Crippen LogP contribution in [0.15, 0.2) is 11.1 Å². The maximum absolute atomic E-state index is 10.6. The molecule has 0 aromatic carbocycles. The maximum atomic E-state index is 10.6. The van der Waals surface area contributed by atoms with Gasteiger partial charge >= 0.3 is 5.97 Å². The summed E-state index contributed by atoms with van der Waals surface area (Å²) < 4.78 is 0. The van der Waals surface area contributed by atoms with Gasteiger partial charge in [-0.25, -0.2) is 4.79 Å². The molecule has 0 aliphatic carbocycles. The Balaban J connectivity index is 4.30. The standard InChI is InChI=1S/C7H12O3/c1-4-5(2)6(3)7(8)10-9/h9H,4H2,1-3H3. The number of rotatable bonds is 2. The fourth-order valence-electron chi connectivity index (χ4n) is 0.508. The molecular weight excluding hydrogens is 132 g/mol. The smallest absolute Gasteiger partial charge is 0.296 e. The van der Waals surface area contributed by atoms with Crippen LogP contribution in [0.25, 0.3) is 0 Å². The van der Waals surface area contributed by atoms with Crippen LogP contribution in [0.4, 0.5) is 0 Å². The minimum atomic E-state index is -0.667. The quantitative estimate of drug-likeness (QED) is 0.365. The van der Waals surface area contributed by atoms with E-state index in [2.05, 4.69) is 4.89 Å². The maximum Gasteiger partial charge on any atom is 0.368 e. The topological polar surface area (TPSA) is 46.5 Å². The average Bonchev–Trinajstić information content (AvgIpc) is 2.00. The third kappa shape index (κ3) is 2.19. The lowest BCUT2D eigenvalue weighted by Crippen LogP contribution is -2.03. The molecule has 0 radical (unpaired) electrons. The Kier molecular flexibility index (Phi) is 3.72. The zero-order chi connectivity index (χ0) is 8.15. The fourth-order valence-corrected chi connectivity index (χ4v) is 0.508. The van der Waals surface area contributed by atoms with E-state index in [-0.39, 0.29) is 0 Å². The molecule has 0 fully saturated rings. The Hall–Kier alpha value is -0.830. The molecule has 0 saturated carbocycles. The molecule has 0 aromatic rings. The molecule has 3 nitrogen and oxygen atoms in total. The second-order valence-electron chi connectivity index (χ2n) is 2.14. The van der Waals surface area contributed by atoms with Crippen molar-refractivity contribution in [2.75, 3.05) is 0 Å². The van der Waals surface area contributed by atoms with Gasteiger partial charge in [0.15, 0.2) is 0 Å². The zero-order valence-electron chi connectivity index (χ0n) is 6.47. The first-order chi connectivity index (χ1) is 4.63. The molecule has 0 aliphatic heterocycles.